The van der Waals surface area contributed by atoms with Crippen molar-refractivity contribution in [3.63, 3.8) is 0 Å². The summed E-state index contributed by atoms with van der Waals surface area (Å²) in [6, 6.07) is 1.74. The highest BCUT2D eigenvalue weighted by Crippen LogP contribution is 2.32. The summed E-state index contributed by atoms with van der Waals surface area (Å²) < 4.78 is 10.9. The lowest BCUT2D eigenvalue weighted by molar-refractivity contribution is -0.131. The fraction of sp³-hybridized carbons (Fsp3) is 0.524. The lowest BCUT2D eigenvalue weighted by atomic mass is 10.0. The van der Waals surface area contributed by atoms with Crippen LogP contribution >= 0.6 is 23.2 Å². The topological polar surface area (TPSA) is 98.3 Å². The molecule has 1 unspecified atom stereocenters. The number of morpholine rings is 1. The maximum atomic E-state index is 12.5. The van der Waals surface area contributed by atoms with Gasteiger partial charge in [-0.2, -0.15) is 0 Å². The molecule has 10 heteroatoms. The second-order valence-electron chi connectivity index (χ2n) is 7.69. The van der Waals surface area contributed by atoms with E-state index in [1.807, 2.05) is 0 Å². The van der Waals surface area contributed by atoms with Gasteiger partial charge in [0.25, 0.3) is 0 Å². The number of halogens is 2. The van der Waals surface area contributed by atoms with E-state index in [2.05, 4.69) is 25.6 Å². The van der Waals surface area contributed by atoms with Crippen LogP contribution in [0.2, 0.25) is 10.2 Å². The van der Waals surface area contributed by atoms with Crippen molar-refractivity contribution >= 4 is 34.8 Å². The average molecular weight is 466 g/mol. The molecule has 0 amide bonds. The number of nitrogens with one attached hydrogen (secondary N) is 2. The number of carbonyl (C=O) groups excluding carboxylic acids is 1. The number of Topliss-reactive ketones (excluding diaryl/α,β-unsaturated/α-hetero) is 1. The summed E-state index contributed by atoms with van der Waals surface area (Å²) in [6.45, 7) is 4.16. The lowest BCUT2D eigenvalue weighted by Crippen LogP contribution is -2.43. The van der Waals surface area contributed by atoms with E-state index in [0.717, 1.165) is 39.1 Å². The van der Waals surface area contributed by atoms with Crippen molar-refractivity contribution in [2.75, 3.05) is 44.8 Å². The third-order valence-electron chi connectivity index (χ3n) is 5.45. The molecule has 4 heterocycles. The quantitative estimate of drug-likeness (QED) is 0.643. The molecule has 2 aromatic heterocycles. The Bertz CT molecular complexity index is 918. The van der Waals surface area contributed by atoms with Crippen molar-refractivity contribution in [2.45, 2.75) is 25.4 Å². The average Bonchev–Trinajstić information content (AvgIpc) is 2.81. The molecule has 2 aliphatic rings. The van der Waals surface area contributed by atoms with Crippen LogP contribution in [0.3, 0.4) is 0 Å². The zero-order valence-electron chi connectivity index (χ0n) is 17.1. The van der Waals surface area contributed by atoms with E-state index in [9.17, 15) is 4.79 Å². The highest BCUT2D eigenvalue weighted by atomic mass is 35.5. The molecule has 8 nitrogen and oxygen atoms in total. The first-order valence-corrected chi connectivity index (χ1v) is 11.2. The number of anilines is 1. The SMILES string of the molecule is O=C(Cc1cc(-c2nc(NCC3CCOCC3)cnc2Cl)c(Cl)cn1)C1CNCCO1. The van der Waals surface area contributed by atoms with Gasteiger partial charge >= 0.3 is 0 Å². The molecule has 0 radical (unpaired) electrons. The molecule has 2 N–H and O–H groups in total. The van der Waals surface area contributed by atoms with E-state index in [4.69, 9.17) is 32.7 Å². The van der Waals surface area contributed by atoms with Gasteiger partial charge in [0, 0.05) is 50.3 Å². The number of pyridine rings is 1. The van der Waals surface area contributed by atoms with E-state index in [1.54, 1.807) is 12.3 Å². The predicted molar refractivity (Wildman–Crippen MR) is 119 cm³/mol. The van der Waals surface area contributed by atoms with Crippen LogP contribution in [0.5, 0.6) is 0 Å². The molecule has 4 rings (SSSR count). The number of hydrogen-bond donors (Lipinski definition) is 2. The van der Waals surface area contributed by atoms with Gasteiger partial charge in [-0.05, 0) is 24.8 Å². The van der Waals surface area contributed by atoms with Crippen LogP contribution in [-0.4, -0.2) is 66.3 Å². The summed E-state index contributed by atoms with van der Waals surface area (Å²) in [5, 5.41) is 7.13. The first-order chi connectivity index (χ1) is 15.1. The van der Waals surface area contributed by atoms with Gasteiger partial charge in [0.05, 0.1) is 24.2 Å². The molecule has 2 aromatic rings. The van der Waals surface area contributed by atoms with Crippen molar-refractivity contribution in [3.8, 4) is 11.3 Å². The molecule has 2 fully saturated rings. The second kappa shape index (κ2) is 10.7. The first kappa shape index (κ1) is 22.4. The van der Waals surface area contributed by atoms with Crippen molar-refractivity contribution in [3.05, 3.63) is 34.3 Å². The van der Waals surface area contributed by atoms with Crippen LogP contribution in [-0.2, 0) is 20.7 Å². The summed E-state index contributed by atoms with van der Waals surface area (Å²) in [7, 11) is 0. The predicted octanol–water partition coefficient (Wildman–Crippen LogP) is 2.78. The molecule has 0 saturated carbocycles. The van der Waals surface area contributed by atoms with E-state index >= 15 is 0 Å². The molecule has 1 atom stereocenters. The maximum Gasteiger partial charge on any atom is 0.168 e. The molecule has 0 aliphatic carbocycles. The molecule has 0 spiro atoms. The fourth-order valence-electron chi connectivity index (χ4n) is 3.66. The van der Waals surface area contributed by atoms with Crippen LogP contribution in [0, 0.1) is 5.92 Å². The molecule has 0 aromatic carbocycles. The van der Waals surface area contributed by atoms with Crippen LogP contribution in [0.1, 0.15) is 18.5 Å². The largest absolute Gasteiger partial charge is 0.381 e. The number of carbonyl (C=O) groups is 1. The van der Waals surface area contributed by atoms with Gasteiger partial charge in [-0.3, -0.25) is 9.78 Å². The van der Waals surface area contributed by atoms with Crippen molar-refractivity contribution in [2.24, 2.45) is 5.92 Å². The van der Waals surface area contributed by atoms with Gasteiger partial charge in [-0.15, -0.1) is 0 Å². The van der Waals surface area contributed by atoms with Crippen LogP contribution < -0.4 is 10.6 Å². The van der Waals surface area contributed by atoms with E-state index in [-0.39, 0.29) is 17.4 Å². The Balaban J connectivity index is 1.49. The third-order valence-corrected chi connectivity index (χ3v) is 6.03. The van der Waals surface area contributed by atoms with Crippen molar-refractivity contribution in [1.29, 1.82) is 0 Å². The first-order valence-electron chi connectivity index (χ1n) is 10.4. The Hall–Kier alpha value is -1.84. The summed E-state index contributed by atoms with van der Waals surface area (Å²) in [5.74, 6) is 1.13. The van der Waals surface area contributed by atoms with Crippen LogP contribution in [0.15, 0.2) is 18.5 Å². The molecule has 2 aliphatic heterocycles. The van der Waals surface area contributed by atoms with Crippen LogP contribution in [0.25, 0.3) is 11.3 Å². The summed E-state index contributed by atoms with van der Waals surface area (Å²) in [6.07, 6.45) is 4.85. The van der Waals surface area contributed by atoms with Crippen LogP contribution in [0.4, 0.5) is 5.82 Å². The van der Waals surface area contributed by atoms with E-state index in [1.165, 1.54) is 6.20 Å². The summed E-state index contributed by atoms with van der Waals surface area (Å²) >= 11 is 12.7. The van der Waals surface area contributed by atoms with Gasteiger partial charge < -0.3 is 20.1 Å². The van der Waals surface area contributed by atoms with Crippen molar-refractivity contribution < 1.29 is 14.3 Å². The number of hydrogen-bond acceptors (Lipinski definition) is 8. The highest BCUT2D eigenvalue weighted by molar-refractivity contribution is 6.35. The number of aromatic nitrogens is 3. The third kappa shape index (κ3) is 5.90. The normalized spacial score (nSPS) is 19.9. The summed E-state index contributed by atoms with van der Waals surface area (Å²) in [5.41, 5.74) is 1.63. The fourth-order valence-corrected chi connectivity index (χ4v) is 4.04. The zero-order chi connectivity index (χ0) is 21.6. The molecule has 166 valence electrons. The monoisotopic (exact) mass is 465 g/mol. The lowest BCUT2D eigenvalue weighted by Gasteiger charge is -2.22. The minimum atomic E-state index is -0.462. The van der Waals surface area contributed by atoms with Gasteiger partial charge in [-0.25, -0.2) is 9.97 Å². The molecular weight excluding hydrogens is 441 g/mol. The van der Waals surface area contributed by atoms with Gasteiger partial charge in [-0.1, -0.05) is 23.2 Å². The Kier molecular flexibility index (Phi) is 7.68. The van der Waals surface area contributed by atoms with Crippen molar-refractivity contribution in [1.82, 2.24) is 20.3 Å². The van der Waals surface area contributed by atoms with E-state index < -0.39 is 6.10 Å². The Labute approximate surface area is 191 Å². The van der Waals surface area contributed by atoms with Gasteiger partial charge in [0.2, 0.25) is 0 Å². The molecule has 0 bridgehead atoms. The number of nitrogens with zero attached hydrogens (tertiary/aromatic N) is 3. The second-order valence-corrected chi connectivity index (χ2v) is 8.46. The number of ketones is 1. The zero-order valence-corrected chi connectivity index (χ0v) is 18.6. The Morgan fingerprint density at radius 2 is 2.03 bits per heavy atom. The smallest absolute Gasteiger partial charge is 0.168 e. The Morgan fingerprint density at radius 3 is 2.81 bits per heavy atom. The molecular formula is C21H25Cl2N5O3. The maximum absolute atomic E-state index is 12.5. The standard InChI is InChI=1S/C21H25Cl2N5O3/c22-16-10-25-14(8-17(29)18-11-24-3-6-31-18)7-15(16)20-21(23)27-12-19(28-20)26-9-13-1-4-30-5-2-13/h7,10,12-13,18,24H,1-6,8-9,11H2,(H,26,28). The highest BCUT2D eigenvalue weighted by Gasteiger charge is 2.23. The minimum Gasteiger partial charge on any atom is -0.381 e. The van der Waals surface area contributed by atoms with Gasteiger partial charge in [0.15, 0.2) is 10.9 Å². The molecule has 2 saturated heterocycles. The summed E-state index contributed by atoms with van der Waals surface area (Å²) in [4.78, 5) is 25.7. The number of rotatable bonds is 7. The number of ether oxygens (including phenoxy) is 2. The van der Waals surface area contributed by atoms with Gasteiger partial charge in [0.1, 0.15) is 17.6 Å². The minimum absolute atomic E-state index is 0.0305. The Morgan fingerprint density at radius 1 is 1.19 bits per heavy atom. The molecule has 31 heavy (non-hydrogen) atoms. The van der Waals surface area contributed by atoms with E-state index in [0.29, 0.717) is 46.9 Å².